The number of hydrogen-bond donors (Lipinski definition) is 1. The van der Waals surface area contributed by atoms with E-state index in [2.05, 4.69) is 0 Å². The number of alkyl halides is 3. The molecule has 1 aliphatic heterocycles. The van der Waals surface area contributed by atoms with Crippen molar-refractivity contribution in [1.82, 2.24) is 0 Å². The Kier molecular flexibility index (Phi) is 9.09. The zero-order valence-electron chi connectivity index (χ0n) is 20.2. The summed E-state index contributed by atoms with van der Waals surface area (Å²) in [5.74, 6) is 0.0488. The molecular formula is C25H26F3N3O5S. The molecule has 0 unspecified atom stereocenters. The number of carbonyl (C=O) groups is 1. The summed E-state index contributed by atoms with van der Waals surface area (Å²) in [5, 5.41) is 17.7. The maximum Gasteiger partial charge on any atom is 0.417 e. The van der Waals surface area contributed by atoms with Gasteiger partial charge in [0.25, 0.3) is 5.91 Å². The van der Waals surface area contributed by atoms with E-state index in [0.717, 1.165) is 17.0 Å². The molecule has 3 rings (SSSR count). The number of hydrogen-bond acceptors (Lipinski definition) is 7. The summed E-state index contributed by atoms with van der Waals surface area (Å²) in [6.07, 6.45) is -4.77. The Balaban J connectivity index is 1.72. The maximum atomic E-state index is 13.5. The highest BCUT2D eigenvalue weighted by Crippen LogP contribution is 2.39. The average molecular weight is 538 g/mol. The molecule has 2 aromatic carbocycles. The van der Waals surface area contributed by atoms with Crippen molar-refractivity contribution < 1.29 is 37.3 Å². The van der Waals surface area contributed by atoms with E-state index >= 15 is 0 Å². The van der Waals surface area contributed by atoms with Gasteiger partial charge in [-0.15, -0.1) is 0 Å². The van der Waals surface area contributed by atoms with Gasteiger partial charge in [-0.1, -0.05) is 0 Å². The predicted octanol–water partition coefficient (Wildman–Crippen LogP) is 3.90. The number of carbonyl (C=O) groups excluding carboxylic acids is 1. The Bertz CT molecular complexity index is 1170. The lowest BCUT2D eigenvalue weighted by atomic mass is 10.0. The van der Waals surface area contributed by atoms with E-state index in [4.69, 9.17) is 36.8 Å². The molecule has 2 aromatic rings. The van der Waals surface area contributed by atoms with E-state index in [-0.39, 0.29) is 24.0 Å². The fraction of sp³-hybridized carbons (Fsp3) is 0.400. The fourth-order valence-electron chi connectivity index (χ4n) is 3.76. The van der Waals surface area contributed by atoms with Gasteiger partial charge in [-0.2, -0.15) is 18.4 Å². The number of nitrogens with zero attached hydrogens (tertiary/aromatic N) is 3. The van der Waals surface area contributed by atoms with Gasteiger partial charge in [-0.25, -0.2) is 0 Å². The summed E-state index contributed by atoms with van der Waals surface area (Å²) in [6.45, 7) is 4.84. The lowest BCUT2D eigenvalue weighted by Gasteiger charge is -2.29. The number of anilines is 2. The van der Waals surface area contributed by atoms with E-state index in [0.29, 0.717) is 37.9 Å². The molecule has 37 heavy (non-hydrogen) atoms. The lowest BCUT2D eigenvalue weighted by Crippen LogP contribution is -2.44. The molecule has 0 bridgehead atoms. The van der Waals surface area contributed by atoms with Gasteiger partial charge >= 0.3 is 6.18 Å². The van der Waals surface area contributed by atoms with Crippen LogP contribution in [0.5, 0.6) is 5.75 Å². The molecule has 1 aliphatic rings. The van der Waals surface area contributed by atoms with Crippen molar-refractivity contribution in [3.8, 4) is 11.8 Å². The molecule has 12 heteroatoms. The minimum atomic E-state index is -4.77. The highest BCUT2D eigenvalue weighted by Gasteiger charge is 2.50. The summed E-state index contributed by atoms with van der Waals surface area (Å²) in [5.41, 5.74) is -2.38. The maximum absolute atomic E-state index is 13.5. The molecular weight excluding hydrogens is 511 g/mol. The predicted molar refractivity (Wildman–Crippen MR) is 133 cm³/mol. The van der Waals surface area contributed by atoms with E-state index in [1.807, 2.05) is 0 Å². The van der Waals surface area contributed by atoms with Gasteiger partial charge in [0.15, 0.2) is 5.11 Å². The second-order valence-electron chi connectivity index (χ2n) is 8.45. The number of halogens is 3. The second-order valence-corrected chi connectivity index (χ2v) is 8.81. The summed E-state index contributed by atoms with van der Waals surface area (Å²) in [7, 11) is 0. The molecule has 0 saturated carbocycles. The Labute approximate surface area is 217 Å². The van der Waals surface area contributed by atoms with Gasteiger partial charge in [0.05, 0.1) is 55.9 Å². The molecule has 0 aromatic heterocycles. The van der Waals surface area contributed by atoms with Crippen LogP contribution in [0.4, 0.5) is 24.5 Å². The number of benzene rings is 2. The molecule has 1 fully saturated rings. The summed E-state index contributed by atoms with van der Waals surface area (Å²) >= 11 is 5.53. The van der Waals surface area contributed by atoms with Gasteiger partial charge in [-0.05, 0) is 68.5 Å². The van der Waals surface area contributed by atoms with Gasteiger partial charge in [0.2, 0.25) is 0 Å². The second kappa shape index (κ2) is 11.9. The first-order chi connectivity index (χ1) is 17.5. The molecule has 0 aliphatic carbocycles. The standard InChI is InChI=1S/C25H26F3N3O5S/c1-24(2)22(33)30(19-4-3-17(16-29)21(15-19)25(26,27)28)23(37)31(24)18-5-7-20(8-6-18)36-14-13-35-12-11-34-10-9-32/h3-8,15,32H,9-14H2,1-2H3. The summed E-state index contributed by atoms with van der Waals surface area (Å²) in [6, 6.07) is 11.4. The highest BCUT2D eigenvalue weighted by molar-refractivity contribution is 7.81. The van der Waals surface area contributed by atoms with Crippen LogP contribution in [-0.4, -0.2) is 61.3 Å². The number of ether oxygens (including phenoxy) is 3. The quantitative estimate of drug-likeness (QED) is 0.341. The topological polar surface area (TPSA) is 95.3 Å². The summed E-state index contributed by atoms with van der Waals surface area (Å²) < 4.78 is 56.6. The minimum Gasteiger partial charge on any atom is -0.491 e. The van der Waals surface area contributed by atoms with Crippen molar-refractivity contribution in [2.24, 2.45) is 0 Å². The molecule has 0 spiro atoms. The number of aliphatic hydroxyl groups is 1. The zero-order chi connectivity index (χ0) is 27.2. The number of thiocarbonyl (C=S) groups is 1. The number of nitriles is 1. The third kappa shape index (κ3) is 6.37. The zero-order valence-corrected chi connectivity index (χ0v) is 21.1. The molecule has 1 heterocycles. The molecule has 0 radical (unpaired) electrons. The molecule has 1 saturated heterocycles. The van der Waals surface area contributed by atoms with Crippen LogP contribution in [0.2, 0.25) is 0 Å². The van der Waals surface area contributed by atoms with Gasteiger partial charge in [0.1, 0.15) is 17.9 Å². The van der Waals surface area contributed by atoms with Crippen LogP contribution in [-0.2, 0) is 20.4 Å². The van der Waals surface area contributed by atoms with Gasteiger partial charge in [0, 0.05) is 5.69 Å². The van der Waals surface area contributed by atoms with E-state index in [1.54, 1.807) is 43.0 Å². The first kappa shape index (κ1) is 28.3. The van der Waals surface area contributed by atoms with Crippen molar-refractivity contribution in [3.05, 3.63) is 53.6 Å². The van der Waals surface area contributed by atoms with Crippen LogP contribution in [0, 0.1) is 11.3 Å². The Morgan fingerprint density at radius 2 is 1.59 bits per heavy atom. The van der Waals surface area contributed by atoms with Gasteiger partial charge in [-0.3, -0.25) is 9.69 Å². The van der Waals surface area contributed by atoms with Crippen LogP contribution in [0.3, 0.4) is 0 Å². The SMILES string of the molecule is CC1(C)C(=O)N(c2ccc(C#N)c(C(F)(F)F)c2)C(=S)N1c1ccc(OCCOCCOCCO)cc1. The summed E-state index contributed by atoms with van der Waals surface area (Å²) in [4.78, 5) is 15.9. The van der Waals surface area contributed by atoms with Crippen molar-refractivity contribution >= 4 is 34.6 Å². The third-order valence-electron chi connectivity index (χ3n) is 5.55. The Hall–Kier alpha value is -3.24. The largest absolute Gasteiger partial charge is 0.491 e. The van der Waals surface area contributed by atoms with E-state index < -0.39 is 28.7 Å². The average Bonchev–Trinajstić information content (AvgIpc) is 3.03. The number of aliphatic hydroxyl groups excluding tert-OH is 1. The first-order valence-electron chi connectivity index (χ1n) is 11.3. The molecule has 1 N–H and O–H groups in total. The van der Waals surface area contributed by atoms with Crippen molar-refractivity contribution in [3.63, 3.8) is 0 Å². The van der Waals surface area contributed by atoms with E-state index in [9.17, 15) is 18.0 Å². The van der Waals surface area contributed by atoms with Crippen molar-refractivity contribution in [2.45, 2.75) is 25.6 Å². The minimum absolute atomic E-state index is 0.0123. The first-order valence-corrected chi connectivity index (χ1v) is 11.7. The smallest absolute Gasteiger partial charge is 0.417 e. The fourth-order valence-corrected chi connectivity index (χ4v) is 4.28. The highest BCUT2D eigenvalue weighted by atomic mass is 32.1. The monoisotopic (exact) mass is 537 g/mol. The lowest BCUT2D eigenvalue weighted by molar-refractivity contribution is -0.137. The van der Waals surface area contributed by atoms with Crippen LogP contribution >= 0.6 is 12.2 Å². The van der Waals surface area contributed by atoms with Crippen molar-refractivity contribution in [1.29, 1.82) is 5.26 Å². The van der Waals surface area contributed by atoms with Crippen LogP contribution in [0.25, 0.3) is 0 Å². The van der Waals surface area contributed by atoms with Crippen LogP contribution in [0.1, 0.15) is 25.0 Å². The van der Waals surface area contributed by atoms with Crippen molar-refractivity contribution in [2.75, 3.05) is 49.4 Å². The van der Waals surface area contributed by atoms with E-state index in [1.165, 1.54) is 12.1 Å². The molecule has 0 atom stereocenters. The van der Waals surface area contributed by atoms with Gasteiger partial charge < -0.3 is 24.2 Å². The molecule has 198 valence electrons. The number of rotatable bonds is 11. The Morgan fingerprint density at radius 1 is 1.00 bits per heavy atom. The third-order valence-corrected chi connectivity index (χ3v) is 5.92. The molecule has 8 nitrogen and oxygen atoms in total. The normalized spacial score (nSPS) is 15.3. The molecule has 1 amide bonds. The van der Waals surface area contributed by atoms with Crippen LogP contribution < -0.4 is 14.5 Å². The Morgan fingerprint density at radius 3 is 2.19 bits per heavy atom. The van der Waals surface area contributed by atoms with Crippen LogP contribution in [0.15, 0.2) is 42.5 Å². The number of amides is 1.